The molecule has 0 aromatic heterocycles. The highest BCUT2D eigenvalue weighted by atomic mass is 16.7. The molecular weight excluding hydrogens is 1160 g/mol. The highest BCUT2D eigenvalue weighted by molar-refractivity contribution is 6.87. The molecule has 1 saturated heterocycles. The van der Waals surface area contributed by atoms with Crippen molar-refractivity contribution in [1.82, 2.24) is 0 Å². The summed E-state index contributed by atoms with van der Waals surface area (Å²) in [5, 5.41) is 0. The number of rotatable bonds is 3. The maximum atomic E-state index is 7.21. The summed E-state index contributed by atoms with van der Waals surface area (Å²) >= 11 is 0. The largest absolute Gasteiger partial charge is 0.467 e. The summed E-state index contributed by atoms with van der Waals surface area (Å²) in [5.74, 6) is 41.8. The lowest BCUT2D eigenvalue weighted by atomic mass is 9.61. The van der Waals surface area contributed by atoms with Crippen molar-refractivity contribution < 1.29 is 13.7 Å². The van der Waals surface area contributed by atoms with Gasteiger partial charge in [0.15, 0.2) is 0 Å². The van der Waals surface area contributed by atoms with Gasteiger partial charge in [-0.1, -0.05) is 268 Å². The summed E-state index contributed by atoms with van der Waals surface area (Å²) in [4.78, 5) is 0. The highest BCUT2D eigenvalue weighted by Gasteiger charge is 2.44. The standard InChI is InChI=1S/C90H87B3O3/c1-85(2,3)76-43-31-64(32-44-76)19-25-70-55-71(26-20-65-33-45-77(46-34-65)86(4,5)6)59-82(58-70)91-94-92(83-60-72(27-21-66-35-47-78(48-36-66)87(7,8)9)56-73(61-83)28-22-67-37-49-79(50-38-67)88(10,11)12)96-93(95-91)84-62-74(29-23-68-39-51-80(52-40-68)89(13,14)15)57-75(63-84)30-24-69-41-53-81(54-42-69)90(16,17)18/h31-63H,1-18H3. The van der Waals surface area contributed by atoms with E-state index < -0.39 is 21.4 Å². The molecule has 96 heavy (non-hydrogen) atoms. The molecule has 474 valence electrons. The minimum Gasteiger partial charge on any atom is -0.445 e. The summed E-state index contributed by atoms with van der Waals surface area (Å²) in [7, 11) is -3.02. The molecule has 10 rings (SSSR count). The van der Waals surface area contributed by atoms with Crippen LogP contribution in [-0.4, -0.2) is 21.4 Å². The molecule has 1 aliphatic rings. The third kappa shape index (κ3) is 18.9. The Morgan fingerprint density at radius 3 is 0.427 bits per heavy atom. The van der Waals surface area contributed by atoms with E-state index in [1.807, 2.05) is 54.6 Å². The van der Waals surface area contributed by atoms with Crippen molar-refractivity contribution >= 4 is 37.7 Å². The second kappa shape index (κ2) is 28.4. The van der Waals surface area contributed by atoms with Crippen molar-refractivity contribution in [2.75, 3.05) is 0 Å². The second-order valence-corrected chi connectivity index (χ2v) is 31.4. The second-order valence-electron chi connectivity index (χ2n) is 31.4. The lowest BCUT2D eigenvalue weighted by Gasteiger charge is -2.32. The monoisotopic (exact) mass is 1250 g/mol. The van der Waals surface area contributed by atoms with Gasteiger partial charge in [0, 0.05) is 66.8 Å². The fourth-order valence-corrected chi connectivity index (χ4v) is 10.9. The first-order valence-electron chi connectivity index (χ1n) is 33.4. The smallest absolute Gasteiger partial charge is 0.445 e. The molecule has 9 aromatic rings. The third-order valence-electron chi connectivity index (χ3n) is 17.0. The van der Waals surface area contributed by atoms with E-state index in [4.69, 9.17) is 13.7 Å². The van der Waals surface area contributed by atoms with Crippen LogP contribution in [0.25, 0.3) is 0 Å². The maximum Gasteiger partial charge on any atom is 0.467 e. The van der Waals surface area contributed by atoms with Gasteiger partial charge in [-0.15, -0.1) is 0 Å². The van der Waals surface area contributed by atoms with Gasteiger partial charge in [-0.25, -0.2) is 0 Å². The van der Waals surface area contributed by atoms with Crippen molar-refractivity contribution in [3.05, 3.63) is 300 Å². The SMILES string of the molecule is CC(C)(C)c1ccc(C#Cc2cc(C#Cc3ccc(C(C)(C)C)cc3)cc(B3OB(c4cc(C#Cc5ccc(C(C)(C)C)cc5)cc(C#Cc5ccc(C(C)(C)C)cc5)c4)OB(c4cc(C#Cc5ccc(C(C)(C)C)cc5)cc(C#Cc5ccc(C(C)(C)C)cc5)c4)O3)c2)cc1. The van der Waals surface area contributed by atoms with Crippen molar-refractivity contribution in [3.8, 4) is 71.0 Å². The number of benzene rings is 9. The van der Waals surface area contributed by atoms with Gasteiger partial charge in [0.1, 0.15) is 0 Å². The summed E-state index contributed by atoms with van der Waals surface area (Å²) < 4.78 is 21.6. The van der Waals surface area contributed by atoms with E-state index in [9.17, 15) is 0 Å². The third-order valence-corrected chi connectivity index (χ3v) is 17.0. The van der Waals surface area contributed by atoms with E-state index in [1.54, 1.807) is 0 Å². The van der Waals surface area contributed by atoms with Crippen LogP contribution >= 0.6 is 0 Å². The molecule has 0 spiro atoms. The van der Waals surface area contributed by atoms with Crippen molar-refractivity contribution in [1.29, 1.82) is 0 Å². The summed E-state index contributed by atoms with van der Waals surface area (Å²) in [6.45, 7) is 39.9. The molecular formula is C90H87B3O3. The predicted molar refractivity (Wildman–Crippen MR) is 405 cm³/mol. The van der Waals surface area contributed by atoms with Gasteiger partial charge in [0.2, 0.25) is 0 Å². The van der Waals surface area contributed by atoms with Crippen LogP contribution in [0.15, 0.2) is 200 Å². The molecule has 1 fully saturated rings. The normalized spacial score (nSPS) is 12.6. The molecule has 1 aliphatic heterocycles. The van der Waals surface area contributed by atoms with Crippen molar-refractivity contribution in [3.63, 3.8) is 0 Å². The first-order chi connectivity index (χ1) is 45.2. The van der Waals surface area contributed by atoms with Gasteiger partial charge in [-0.2, -0.15) is 0 Å². The first-order valence-corrected chi connectivity index (χ1v) is 33.4. The molecule has 0 saturated carbocycles. The van der Waals surface area contributed by atoms with Gasteiger partial charge in [-0.05, 0) is 210 Å². The molecule has 6 heteroatoms. The van der Waals surface area contributed by atoms with Gasteiger partial charge in [0.25, 0.3) is 0 Å². The van der Waals surface area contributed by atoms with Gasteiger partial charge in [-0.3, -0.25) is 0 Å². The Hall–Kier alpha value is -9.59. The number of hydrogen-bond donors (Lipinski definition) is 0. The first kappa shape index (κ1) is 69.3. The minimum atomic E-state index is -1.01. The lowest BCUT2D eigenvalue weighted by Crippen LogP contribution is -2.61. The highest BCUT2D eigenvalue weighted by Crippen LogP contribution is 2.28. The van der Waals surface area contributed by atoms with E-state index in [0.29, 0.717) is 16.4 Å². The molecule has 0 unspecified atom stereocenters. The molecule has 3 nitrogen and oxygen atoms in total. The summed E-state index contributed by atoms with van der Waals surface area (Å²) in [5.41, 5.74) is 19.4. The molecule has 0 radical (unpaired) electrons. The molecule has 0 bridgehead atoms. The van der Waals surface area contributed by atoms with Crippen LogP contribution in [0, 0.1) is 71.0 Å². The zero-order valence-corrected chi connectivity index (χ0v) is 59.5. The summed E-state index contributed by atoms with van der Waals surface area (Å²) in [6.07, 6.45) is 0. The van der Waals surface area contributed by atoms with E-state index in [1.165, 1.54) is 33.4 Å². The number of hydrogen-bond acceptors (Lipinski definition) is 3. The Bertz CT molecular complexity index is 3940. The quantitative estimate of drug-likeness (QED) is 0.130. The fraction of sp³-hybridized carbons (Fsp3) is 0.267. The van der Waals surface area contributed by atoms with Gasteiger partial charge < -0.3 is 13.7 Å². The molecule has 0 atom stereocenters. The maximum absolute atomic E-state index is 7.21. The zero-order valence-electron chi connectivity index (χ0n) is 59.5. The Balaban J connectivity index is 1.14. The Kier molecular flexibility index (Phi) is 20.5. The van der Waals surface area contributed by atoms with E-state index in [0.717, 1.165) is 66.8 Å². The van der Waals surface area contributed by atoms with Crippen LogP contribution in [0.5, 0.6) is 0 Å². The molecule has 0 amide bonds. The average molecular weight is 1250 g/mol. The lowest BCUT2D eigenvalue weighted by molar-refractivity contribution is 0.308. The van der Waals surface area contributed by atoms with E-state index in [-0.39, 0.29) is 32.5 Å². The molecule has 0 N–H and O–H groups in total. The molecule has 1 heterocycles. The zero-order chi connectivity index (χ0) is 68.8. The van der Waals surface area contributed by atoms with Crippen LogP contribution in [0.3, 0.4) is 0 Å². The van der Waals surface area contributed by atoms with Crippen LogP contribution < -0.4 is 16.4 Å². The Labute approximate surface area is 576 Å². The van der Waals surface area contributed by atoms with Gasteiger partial charge >= 0.3 is 21.4 Å². The summed E-state index contributed by atoms with van der Waals surface area (Å²) in [6, 6.07) is 69.2. The predicted octanol–water partition coefficient (Wildman–Crippen LogP) is 17.4. The van der Waals surface area contributed by atoms with Crippen LogP contribution in [0.2, 0.25) is 0 Å². The van der Waals surface area contributed by atoms with E-state index >= 15 is 0 Å². The van der Waals surface area contributed by atoms with E-state index in [2.05, 4.69) is 341 Å². The van der Waals surface area contributed by atoms with Crippen LogP contribution in [-0.2, 0) is 46.2 Å². The van der Waals surface area contributed by atoms with Crippen LogP contribution in [0.1, 0.15) is 225 Å². The molecule has 0 aliphatic carbocycles. The fourth-order valence-electron chi connectivity index (χ4n) is 10.9. The molecule has 9 aromatic carbocycles. The van der Waals surface area contributed by atoms with Crippen molar-refractivity contribution in [2.45, 2.75) is 157 Å². The Morgan fingerprint density at radius 1 is 0.177 bits per heavy atom. The minimum absolute atomic E-state index is 0.00337. The van der Waals surface area contributed by atoms with Crippen LogP contribution in [0.4, 0.5) is 0 Å². The van der Waals surface area contributed by atoms with Crippen molar-refractivity contribution in [2.24, 2.45) is 0 Å². The average Bonchev–Trinajstić information content (AvgIpc) is 0.826. The van der Waals surface area contributed by atoms with Gasteiger partial charge in [0.05, 0.1) is 0 Å². The Morgan fingerprint density at radius 2 is 0.302 bits per heavy atom. The topological polar surface area (TPSA) is 27.7 Å².